The molecule has 0 amide bonds. The molecule has 1 unspecified atom stereocenters. The summed E-state index contributed by atoms with van der Waals surface area (Å²) in [5, 5.41) is 13.3. The molecule has 6 heteroatoms. The van der Waals surface area contributed by atoms with Crippen LogP contribution in [0.5, 0.6) is 5.75 Å². The van der Waals surface area contributed by atoms with E-state index >= 15 is 0 Å². The summed E-state index contributed by atoms with van der Waals surface area (Å²) in [6, 6.07) is 21.1. The number of hydrogen-bond acceptors (Lipinski definition) is 6. The van der Waals surface area contributed by atoms with Crippen molar-refractivity contribution < 1.29 is 14.6 Å². The maximum Gasteiger partial charge on any atom is 0.343 e. The number of phenols is 1. The van der Waals surface area contributed by atoms with Crippen molar-refractivity contribution in [3.63, 3.8) is 0 Å². The molecule has 160 valence electrons. The predicted molar refractivity (Wildman–Crippen MR) is 124 cm³/mol. The van der Waals surface area contributed by atoms with E-state index in [9.17, 15) is 9.90 Å². The van der Waals surface area contributed by atoms with E-state index in [1.54, 1.807) is 30.0 Å². The summed E-state index contributed by atoms with van der Waals surface area (Å²) < 4.78 is 5.83. The molecule has 1 fully saturated rings. The number of carbonyl (C=O) groups excluding carboxylic acids is 1. The number of aryl methyl sites for hydroxylation is 2. The Labute approximate surface area is 187 Å². The summed E-state index contributed by atoms with van der Waals surface area (Å²) in [5.74, 6) is -0.607. The molecular weight excluding hydrogens is 408 g/mol. The van der Waals surface area contributed by atoms with Crippen molar-refractivity contribution >= 4 is 23.4 Å². The van der Waals surface area contributed by atoms with Gasteiger partial charge in [0.25, 0.3) is 0 Å². The summed E-state index contributed by atoms with van der Waals surface area (Å²) in [6.45, 7) is 6.25. The Morgan fingerprint density at radius 1 is 1.06 bits per heavy atom. The van der Waals surface area contributed by atoms with Crippen molar-refractivity contribution in [2.75, 3.05) is 24.5 Å². The maximum atomic E-state index is 12.7. The van der Waals surface area contributed by atoms with Gasteiger partial charge in [0.05, 0.1) is 12.2 Å². The van der Waals surface area contributed by atoms with Crippen LogP contribution in [0.25, 0.3) is 0 Å². The van der Waals surface area contributed by atoms with Gasteiger partial charge in [-0.2, -0.15) is 0 Å². The normalized spacial score (nSPS) is 16.2. The van der Waals surface area contributed by atoms with Crippen LogP contribution in [0.3, 0.4) is 0 Å². The lowest BCUT2D eigenvalue weighted by molar-refractivity contribution is 0.0263. The van der Waals surface area contributed by atoms with E-state index < -0.39 is 12.2 Å². The number of esters is 1. The van der Waals surface area contributed by atoms with Crippen molar-refractivity contribution in [2.24, 2.45) is 0 Å². The van der Waals surface area contributed by atoms with Gasteiger partial charge in [-0.3, -0.25) is 0 Å². The Kier molecular flexibility index (Phi) is 6.49. The number of phenolic OH excluding ortho intramolecular Hbond substituents is 1. The van der Waals surface area contributed by atoms with E-state index in [0.29, 0.717) is 13.1 Å². The van der Waals surface area contributed by atoms with Crippen molar-refractivity contribution in [3.8, 4) is 5.75 Å². The van der Waals surface area contributed by atoms with E-state index in [0.717, 1.165) is 17.1 Å². The molecule has 3 aromatic carbocycles. The van der Waals surface area contributed by atoms with E-state index in [4.69, 9.17) is 4.74 Å². The molecule has 3 aromatic rings. The van der Waals surface area contributed by atoms with Crippen molar-refractivity contribution in [3.05, 3.63) is 83.4 Å². The van der Waals surface area contributed by atoms with Crippen LogP contribution in [-0.2, 0) is 4.74 Å². The van der Waals surface area contributed by atoms with E-state index in [1.165, 1.54) is 22.1 Å². The number of hydrogen-bond donors (Lipinski definition) is 2. The van der Waals surface area contributed by atoms with Gasteiger partial charge in [-0.05, 0) is 49.7 Å². The highest BCUT2D eigenvalue weighted by atomic mass is 32.2. The highest BCUT2D eigenvalue weighted by Crippen LogP contribution is 2.38. The van der Waals surface area contributed by atoms with Gasteiger partial charge < -0.3 is 20.1 Å². The molecular formula is C25H26N2O3S. The van der Waals surface area contributed by atoms with Crippen LogP contribution in [0.4, 0.5) is 5.69 Å². The highest BCUT2D eigenvalue weighted by Gasteiger charge is 2.28. The molecule has 1 heterocycles. The minimum absolute atomic E-state index is 0.0754. The van der Waals surface area contributed by atoms with Crippen LogP contribution in [0, 0.1) is 13.8 Å². The molecule has 0 saturated carbocycles. The fraction of sp³-hybridized carbons (Fsp3) is 0.240. The van der Waals surface area contributed by atoms with Gasteiger partial charge in [0, 0.05) is 22.9 Å². The van der Waals surface area contributed by atoms with Gasteiger partial charge in [-0.15, -0.1) is 0 Å². The third-order valence-corrected chi connectivity index (χ3v) is 6.53. The van der Waals surface area contributed by atoms with Gasteiger partial charge in [0.2, 0.25) is 0 Å². The smallest absolute Gasteiger partial charge is 0.343 e. The Bertz CT molecular complexity index is 1090. The fourth-order valence-electron chi connectivity index (χ4n) is 3.71. The number of anilines is 1. The monoisotopic (exact) mass is 434 g/mol. The van der Waals surface area contributed by atoms with Crippen LogP contribution < -0.4 is 10.2 Å². The molecule has 0 radical (unpaired) electrons. The van der Waals surface area contributed by atoms with Crippen LogP contribution in [-0.4, -0.2) is 36.9 Å². The van der Waals surface area contributed by atoms with Gasteiger partial charge in [-0.1, -0.05) is 53.7 Å². The van der Waals surface area contributed by atoms with Crippen molar-refractivity contribution in [1.82, 2.24) is 5.32 Å². The summed E-state index contributed by atoms with van der Waals surface area (Å²) in [4.78, 5) is 17.2. The lowest BCUT2D eigenvalue weighted by Crippen LogP contribution is -2.53. The predicted octanol–water partition coefficient (Wildman–Crippen LogP) is 4.75. The SMILES string of the molecule is Cc1ccc(Sc2ccccc2N2CCNCC2OC(=O)c2ccccc2O)c(C)c1. The Hall–Kier alpha value is -2.96. The number of piperazine rings is 1. The van der Waals surface area contributed by atoms with Gasteiger partial charge in [0.1, 0.15) is 11.3 Å². The lowest BCUT2D eigenvalue weighted by Gasteiger charge is -2.38. The average molecular weight is 435 g/mol. The average Bonchev–Trinajstić information content (AvgIpc) is 2.77. The number of nitrogens with zero attached hydrogens (tertiary/aromatic N) is 1. The second-order valence-corrected chi connectivity index (χ2v) is 8.70. The summed E-state index contributed by atoms with van der Waals surface area (Å²) in [5.41, 5.74) is 3.69. The molecule has 1 aliphatic heterocycles. The third kappa shape index (κ3) is 4.86. The summed E-state index contributed by atoms with van der Waals surface area (Å²) >= 11 is 1.72. The quantitative estimate of drug-likeness (QED) is 0.565. The number of carbonyl (C=O) groups is 1. The standard InChI is InChI=1S/C25H26N2O3S/c1-17-11-12-22(18(2)15-17)31-23-10-6-4-8-20(23)27-14-13-26-16-24(27)30-25(29)19-7-3-5-9-21(19)28/h3-12,15,24,26,28H,13-14,16H2,1-2H3. The maximum absolute atomic E-state index is 12.7. The summed E-state index contributed by atoms with van der Waals surface area (Å²) in [6.07, 6.45) is -0.471. The first kappa shape index (κ1) is 21.3. The zero-order valence-electron chi connectivity index (χ0n) is 17.7. The summed E-state index contributed by atoms with van der Waals surface area (Å²) in [7, 11) is 0. The van der Waals surface area contributed by atoms with Gasteiger partial charge in [0.15, 0.2) is 6.23 Å². The molecule has 1 saturated heterocycles. The first-order valence-corrected chi connectivity index (χ1v) is 11.1. The van der Waals surface area contributed by atoms with Crippen LogP contribution in [0.15, 0.2) is 76.5 Å². The first-order valence-electron chi connectivity index (χ1n) is 10.3. The first-order chi connectivity index (χ1) is 15.0. The molecule has 1 atom stereocenters. The van der Waals surface area contributed by atoms with Crippen molar-refractivity contribution in [2.45, 2.75) is 29.9 Å². The molecule has 0 spiro atoms. The van der Waals surface area contributed by atoms with E-state index in [1.807, 2.05) is 12.1 Å². The van der Waals surface area contributed by atoms with Crippen LogP contribution in [0.2, 0.25) is 0 Å². The Morgan fingerprint density at radius 3 is 2.65 bits per heavy atom. The number of para-hydroxylation sites is 2. The van der Waals surface area contributed by atoms with Crippen molar-refractivity contribution in [1.29, 1.82) is 0 Å². The molecule has 0 aliphatic carbocycles. The Morgan fingerprint density at radius 2 is 1.84 bits per heavy atom. The molecule has 31 heavy (non-hydrogen) atoms. The second kappa shape index (κ2) is 9.45. The van der Waals surface area contributed by atoms with Crippen LogP contribution >= 0.6 is 11.8 Å². The van der Waals surface area contributed by atoms with Crippen LogP contribution in [0.1, 0.15) is 21.5 Å². The molecule has 0 aromatic heterocycles. The number of benzene rings is 3. The number of aromatic hydroxyl groups is 1. The van der Waals surface area contributed by atoms with Gasteiger partial charge in [-0.25, -0.2) is 4.79 Å². The zero-order valence-corrected chi connectivity index (χ0v) is 18.5. The van der Waals surface area contributed by atoms with E-state index in [2.05, 4.69) is 54.4 Å². The number of nitrogens with one attached hydrogen (secondary N) is 1. The largest absolute Gasteiger partial charge is 0.507 e. The Balaban J connectivity index is 1.60. The van der Waals surface area contributed by atoms with Gasteiger partial charge >= 0.3 is 5.97 Å². The molecule has 1 aliphatic rings. The zero-order chi connectivity index (χ0) is 21.8. The molecule has 2 N–H and O–H groups in total. The second-order valence-electron chi connectivity index (χ2n) is 7.61. The lowest BCUT2D eigenvalue weighted by atomic mass is 10.2. The molecule has 0 bridgehead atoms. The highest BCUT2D eigenvalue weighted by molar-refractivity contribution is 7.99. The van der Waals surface area contributed by atoms with E-state index in [-0.39, 0.29) is 11.3 Å². The third-order valence-electron chi connectivity index (χ3n) is 5.29. The number of ether oxygens (including phenoxy) is 1. The fourth-order valence-corrected chi connectivity index (χ4v) is 4.74. The molecule has 5 nitrogen and oxygen atoms in total. The minimum Gasteiger partial charge on any atom is -0.507 e. The minimum atomic E-state index is -0.531. The molecule has 4 rings (SSSR count). The number of rotatable bonds is 5. The topological polar surface area (TPSA) is 61.8 Å².